The molecule has 16 heavy (non-hydrogen) atoms. The van der Waals surface area contributed by atoms with Gasteiger partial charge in [0, 0.05) is 5.92 Å². The molecule has 0 rings (SSSR count). The van der Waals surface area contributed by atoms with E-state index < -0.39 is 0 Å². The molecule has 0 saturated heterocycles. The van der Waals surface area contributed by atoms with Gasteiger partial charge in [-0.15, -0.1) is 0 Å². The zero-order valence-corrected chi connectivity index (χ0v) is 10.9. The molecule has 1 atom stereocenters. The fourth-order valence-corrected chi connectivity index (χ4v) is 0.998. The quantitative estimate of drug-likeness (QED) is 0.694. The third-order valence-electron chi connectivity index (χ3n) is 2.53. The van der Waals surface area contributed by atoms with E-state index in [2.05, 4.69) is 15.5 Å². The Labute approximate surface area is 98.2 Å². The topological polar surface area (TPSA) is 53.8 Å². The Morgan fingerprint density at radius 1 is 1.38 bits per heavy atom. The van der Waals surface area contributed by atoms with E-state index in [4.69, 9.17) is 0 Å². The van der Waals surface area contributed by atoms with Gasteiger partial charge in [-0.1, -0.05) is 26.8 Å². The molecule has 0 aromatic heterocycles. The first-order chi connectivity index (χ1) is 7.52. The summed E-state index contributed by atoms with van der Waals surface area (Å²) < 4.78 is 0. The Kier molecular flexibility index (Phi) is 7.42. The largest absolute Gasteiger partial charge is 0.350 e. The Bertz CT molecular complexity index is 269. The minimum Gasteiger partial charge on any atom is -0.350 e. The minimum atomic E-state index is 0.0289. The number of carbonyl (C=O) groups excluding carboxylic acids is 1. The number of rotatable bonds is 6. The zero-order chi connectivity index (χ0) is 12.6. The SMILES string of the molecule is C/C=C(CNC(=O)C(C)C(C)C)\N=N/CC. The highest BCUT2D eigenvalue weighted by Crippen LogP contribution is 2.09. The maximum absolute atomic E-state index is 11.7. The third-order valence-corrected chi connectivity index (χ3v) is 2.53. The van der Waals surface area contributed by atoms with Crippen LogP contribution in [0.3, 0.4) is 0 Å². The van der Waals surface area contributed by atoms with E-state index in [1.54, 1.807) is 0 Å². The number of carbonyl (C=O) groups is 1. The molecule has 0 saturated carbocycles. The van der Waals surface area contributed by atoms with Gasteiger partial charge in [-0.2, -0.15) is 10.2 Å². The summed E-state index contributed by atoms with van der Waals surface area (Å²) in [6.07, 6.45) is 1.86. The van der Waals surface area contributed by atoms with E-state index in [9.17, 15) is 4.79 Å². The second-order valence-electron chi connectivity index (χ2n) is 4.09. The number of allylic oxidation sites excluding steroid dienone is 1. The molecule has 0 aliphatic carbocycles. The van der Waals surface area contributed by atoms with Crippen molar-refractivity contribution in [2.45, 2.75) is 34.6 Å². The fraction of sp³-hybridized carbons (Fsp3) is 0.750. The lowest BCUT2D eigenvalue weighted by Gasteiger charge is -2.15. The number of hydrogen-bond donors (Lipinski definition) is 1. The lowest BCUT2D eigenvalue weighted by atomic mass is 9.97. The predicted molar refractivity (Wildman–Crippen MR) is 66.2 cm³/mol. The summed E-state index contributed by atoms with van der Waals surface area (Å²) in [6.45, 7) is 10.9. The van der Waals surface area contributed by atoms with E-state index >= 15 is 0 Å². The number of hydrogen-bond acceptors (Lipinski definition) is 3. The van der Waals surface area contributed by atoms with Crippen LogP contribution in [-0.4, -0.2) is 19.0 Å². The van der Waals surface area contributed by atoms with Crippen LogP contribution in [-0.2, 0) is 4.79 Å². The van der Waals surface area contributed by atoms with E-state index in [0.717, 1.165) is 5.70 Å². The van der Waals surface area contributed by atoms with Crippen molar-refractivity contribution in [2.75, 3.05) is 13.1 Å². The number of nitrogens with one attached hydrogen (secondary N) is 1. The first-order valence-electron chi connectivity index (χ1n) is 5.83. The van der Waals surface area contributed by atoms with Crippen LogP contribution in [0.15, 0.2) is 22.0 Å². The molecule has 1 unspecified atom stereocenters. The molecule has 0 aromatic carbocycles. The highest BCUT2D eigenvalue weighted by molar-refractivity contribution is 5.78. The molecule has 0 radical (unpaired) electrons. The Balaban J connectivity index is 4.13. The van der Waals surface area contributed by atoms with Crippen molar-refractivity contribution in [3.8, 4) is 0 Å². The van der Waals surface area contributed by atoms with E-state index in [1.807, 2.05) is 40.7 Å². The van der Waals surface area contributed by atoms with Gasteiger partial charge in [-0.3, -0.25) is 4.79 Å². The van der Waals surface area contributed by atoms with Crippen molar-refractivity contribution in [3.05, 3.63) is 11.8 Å². The third kappa shape index (κ3) is 5.63. The molecular weight excluding hydrogens is 202 g/mol. The number of azo groups is 1. The Morgan fingerprint density at radius 2 is 2.00 bits per heavy atom. The predicted octanol–water partition coefficient (Wildman–Crippen LogP) is 2.77. The second-order valence-corrected chi connectivity index (χ2v) is 4.09. The monoisotopic (exact) mass is 225 g/mol. The van der Waals surface area contributed by atoms with Crippen molar-refractivity contribution in [1.82, 2.24) is 5.32 Å². The van der Waals surface area contributed by atoms with Crippen molar-refractivity contribution in [2.24, 2.45) is 22.1 Å². The van der Waals surface area contributed by atoms with Gasteiger partial charge in [0.1, 0.15) is 0 Å². The van der Waals surface area contributed by atoms with Gasteiger partial charge in [0.2, 0.25) is 5.91 Å². The normalized spacial score (nSPS) is 14.5. The highest BCUT2D eigenvalue weighted by Gasteiger charge is 2.15. The van der Waals surface area contributed by atoms with Gasteiger partial charge in [-0.25, -0.2) is 0 Å². The summed E-state index contributed by atoms with van der Waals surface area (Å²) in [5, 5.41) is 10.8. The smallest absolute Gasteiger partial charge is 0.223 e. The van der Waals surface area contributed by atoms with Gasteiger partial charge in [0.15, 0.2) is 0 Å². The molecule has 92 valence electrons. The highest BCUT2D eigenvalue weighted by atomic mass is 16.1. The second kappa shape index (κ2) is 8.02. The van der Waals surface area contributed by atoms with Gasteiger partial charge < -0.3 is 5.32 Å². The van der Waals surface area contributed by atoms with E-state index in [1.165, 1.54) is 0 Å². The van der Waals surface area contributed by atoms with Gasteiger partial charge >= 0.3 is 0 Å². The number of nitrogens with zero attached hydrogens (tertiary/aromatic N) is 2. The van der Waals surface area contributed by atoms with Crippen molar-refractivity contribution in [3.63, 3.8) is 0 Å². The van der Waals surface area contributed by atoms with Gasteiger partial charge in [-0.05, 0) is 19.8 Å². The molecule has 4 heteroatoms. The van der Waals surface area contributed by atoms with Gasteiger partial charge in [0.25, 0.3) is 0 Å². The maximum atomic E-state index is 11.7. The molecule has 0 bridgehead atoms. The van der Waals surface area contributed by atoms with Crippen LogP contribution in [0.1, 0.15) is 34.6 Å². The van der Waals surface area contributed by atoms with Crippen molar-refractivity contribution >= 4 is 5.91 Å². The molecular formula is C12H23N3O. The van der Waals surface area contributed by atoms with Crippen LogP contribution in [0.2, 0.25) is 0 Å². The van der Waals surface area contributed by atoms with Crippen LogP contribution in [0.5, 0.6) is 0 Å². The molecule has 0 heterocycles. The standard InChI is InChI=1S/C12H23N3O/c1-6-11(15-14-7-2)8-13-12(16)10(5)9(3)4/h6,9-10H,7-8H2,1-5H3,(H,13,16)/b11-6-,15-14-. The van der Waals surface area contributed by atoms with Crippen molar-refractivity contribution < 1.29 is 4.79 Å². The maximum Gasteiger partial charge on any atom is 0.223 e. The van der Waals surface area contributed by atoms with Gasteiger partial charge in [0.05, 0.1) is 18.8 Å². The Morgan fingerprint density at radius 3 is 2.44 bits per heavy atom. The van der Waals surface area contributed by atoms with Crippen LogP contribution < -0.4 is 5.32 Å². The lowest BCUT2D eigenvalue weighted by molar-refractivity contribution is -0.125. The minimum absolute atomic E-state index is 0.0289. The summed E-state index contributed by atoms with van der Waals surface area (Å²) in [5.74, 6) is 0.452. The van der Waals surface area contributed by atoms with E-state index in [-0.39, 0.29) is 11.8 Å². The molecule has 0 aliphatic rings. The van der Waals surface area contributed by atoms with Crippen LogP contribution in [0, 0.1) is 11.8 Å². The zero-order valence-electron chi connectivity index (χ0n) is 10.9. The molecule has 0 fully saturated rings. The summed E-state index contributed by atoms with van der Waals surface area (Å²) >= 11 is 0. The first kappa shape index (κ1) is 14.8. The lowest BCUT2D eigenvalue weighted by Crippen LogP contribution is -2.32. The molecule has 0 aliphatic heterocycles. The van der Waals surface area contributed by atoms with Crippen molar-refractivity contribution in [1.29, 1.82) is 0 Å². The molecule has 1 N–H and O–H groups in total. The summed E-state index contributed by atoms with van der Waals surface area (Å²) in [4.78, 5) is 11.7. The summed E-state index contributed by atoms with van der Waals surface area (Å²) in [7, 11) is 0. The average molecular weight is 225 g/mol. The fourth-order valence-electron chi connectivity index (χ4n) is 0.998. The summed E-state index contributed by atoms with van der Waals surface area (Å²) in [5.41, 5.74) is 0.797. The van der Waals surface area contributed by atoms with Crippen LogP contribution >= 0.6 is 0 Å². The van der Waals surface area contributed by atoms with E-state index in [0.29, 0.717) is 19.0 Å². The average Bonchev–Trinajstić information content (AvgIpc) is 2.27. The molecule has 0 aromatic rings. The van der Waals surface area contributed by atoms with Crippen LogP contribution in [0.25, 0.3) is 0 Å². The summed E-state index contributed by atoms with van der Waals surface area (Å²) in [6, 6.07) is 0. The first-order valence-corrected chi connectivity index (χ1v) is 5.83. The molecule has 4 nitrogen and oxygen atoms in total. The Hall–Kier alpha value is -1.19. The number of amides is 1. The molecule has 0 spiro atoms. The molecule has 1 amide bonds. The van der Waals surface area contributed by atoms with Crippen LogP contribution in [0.4, 0.5) is 0 Å².